The highest BCUT2D eigenvalue weighted by Crippen LogP contribution is 2.30. The molecule has 88 valence electrons. The summed E-state index contributed by atoms with van der Waals surface area (Å²) in [4.78, 5) is 2.43. The maximum absolute atomic E-state index is 9.44. The maximum atomic E-state index is 9.44. The molecule has 2 fully saturated rings. The first-order valence-corrected chi connectivity index (χ1v) is 6.64. The van der Waals surface area contributed by atoms with Gasteiger partial charge in [0.1, 0.15) is 0 Å². The van der Waals surface area contributed by atoms with Gasteiger partial charge in [0, 0.05) is 13.1 Å². The van der Waals surface area contributed by atoms with Crippen LogP contribution in [0.4, 0.5) is 0 Å². The summed E-state index contributed by atoms with van der Waals surface area (Å²) in [6, 6.07) is 0. The monoisotopic (exact) mass is 211 g/mol. The molecule has 1 saturated heterocycles. The van der Waals surface area contributed by atoms with Gasteiger partial charge in [0.15, 0.2) is 0 Å². The second-order valence-corrected chi connectivity index (χ2v) is 5.67. The Morgan fingerprint density at radius 1 is 1.27 bits per heavy atom. The third-order valence-corrected chi connectivity index (χ3v) is 4.15. The molecule has 0 radical (unpaired) electrons. The van der Waals surface area contributed by atoms with Crippen LogP contribution < -0.4 is 0 Å². The third kappa shape index (κ3) is 3.46. The Bertz CT molecular complexity index is 195. The highest BCUT2D eigenvalue weighted by atomic mass is 16.3. The number of β-amino-alcohol motifs (C(OH)–C–C–N with tert-alkyl or cyclic N) is 1. The van der Waals surface area contributed by atoms with E-state index in [2.05, 4.69) is 11.8 Å². The van der Waals surface area contributed by atoms with Crippen LogP contribution in [0.1, 0.15) is 45.4 Å². The minimum Gasteiger partial charge on any atom is -0.392 e. The van der Waals surface area contributed by atoms with Gasteiger partial charge in [-0.15, -0.1) is 0 Å². The summed E-state index contributed by atoms with van der Waals surface area (Å²) in [5.74, 6) is 1.92. The van der Waals surface area contributed by atoms with Crippen molar-refractivity contribution in [3.05, 3.63) is 0 Å². The van der Waals surface area contributed by atoms with Crippen molar-refractivity contribution < 1.29 is 5.11 Å². The normalized spacial score (nSPS) is 38.4. The summed E-state index contributed by atoms with van der Waals surface area (Å²) < 4.78 is 0. The number of hydrogen-bond acceptors (Lipinski definition) is 2. The zero-order chi connectivity index (χ0) is 10.7. The lowest BCUT2D eigenvalue weighted by molar-refractivity contribution is 0.169. The van der Waals surface area contributed by atoms with Crippen LogP contribution in [0.2, 0.25) is 0 Å². The molecule has 1 aliphatic carbocycles. The predicted octanol–water partition coefficient (Wildman–Crippen LogP) is 2.27. The quantitative estimate of drug-likeness (QED) is 0.774. The first-order chi connectivity index (χ1) is 7.24. The van der Waals surface area contributed by atoms with Gasteiger partial charge in [-0.2, -0.15) is 0 Å². The average Bonchev–Trinajstić information content (AvgIpc) is 2.62. The summed E-state index contributed by atoms with van der Waals surface area (Å²) in [5, 5.41) is 9.44. The van der Waals surface area contributed by atoms with Crippen LogP contribution in [0.15, 0.2) is 0 Å². The van der Waals surface area contributed by atoms with E-state index in [0.29, 0.717) is 0 Å². The van der Waals surface area contributed by atoms with Gasteiger partial charge in [0.25, 0.3) is 0 Å². The smallest absolute Gasteiger partial charge is 0.0679 e. The molecule has 1 heterocycles. The lowest BCUT2D eigenvalue weighted by Crippen LogP contribution is -2.26. The number of nitrogens with zero attached hydrogens (tertiary/aromatic N) is 1. The van der Waals surface area contributed by atoms with Gasteiger partial charge < -0.3 is 10.0 Å². The molecule has 2 rings (SSSR count). The Kier molecular flexibility index (Phi) is 4.04. The van der Waals surface area contributed by atoms with Crippen LogP contribution in [0.3, 0.4) is 0 Å². The molecule has 0 aromatic rings. The van der Waals surface area contributed by atoms with E-state index >= 15 is 0 Å². The van der Waals surface area contributed by atoms with Crippen molar-refractivity contribution in [2.45, 2.75) is 51.6 Å². The van der Waals surface area contributed by atoms with Crippen molar-refractivity contribution in [1.29, 1.82) is 0 Å². The van der Waals surface area contributed by atoms with Gasteiger partial charge in [-0.05, 0) is 37.6 Å². The minimum absolute atomic E-state index is 0.0460. The molecule has 0 amide bonds. The van der Waals surface area contributed by atoms with Gasteiger partial charge in [-0.25, -0.2) is 0 Å². The lowest BCUT2D eigenvalue weighted by atomic mass is 9.81. The Labute approximate surface area is 93.7 Å². The molecule has 2 nitrogen and oxygen atoms in total. The van der Waals surface area contributed by atoms with Crippen LogP contribution in [-0.4, -0.2) is 35.7 Å². The first-order valence-electron chi connectivity index (χ1n) is 6.64. The molecule has 2 unspecified atom stereocenters. The number of aliphatic hydroxyl groups is 1. The number of rotatable bonds is 3. The SMILES string of the molecule is CC1CCCC(CCN2CC[C@H](O)C2)C1. The van der Waals surface area contributed by atoms with Gasteiger partial charge in [0.2, 0.25) is 0 Å². The van der Waals surface area contributed by atoms with Gasteiger partial charge in [0.05, 0.1) is 6.10 Å². The summed E-state index contributed by atoms with van der Waals surface area (Å²) in [5.41, 5.74) is 0. The molecule has 0 aromatic heterocycles. The van der Waals surface area contributed by atoms with Crippen molar-refractivity contribution in [3.63, 3.8) is 0 Å². The molecule has 0 aromatic carbocycles. The second-order valence-electron chi connectivity index (χ2n) is 5.67. The number of aliphatic hydroxyl groups excluding tert-OH is 1. The van der Waals surface area contributed by atoms with Crippen molar-refractivity contribution in [2.75, 3.05) is 19.6 Å². The van der Waals surface area contributed by atoms with Crippen LogP contribution in [0, 0.1) is 11.8 Å². The van der Waals surface area contributed by atoms with E-state index in [0.717, 1.165) is 31.3 Å². The van der Waals surface area contributed by atoms with Crippen LogP contribution in [0.5, 0.6) is 0 Å². The number of likely N-dealkylation sites (tertiary alicyclic amines) is 1. The lowest BCUT2D eigenvalue weighted by Gasteiger charge is -2.28. The Balaban J connectivity index is 1.64. The highest BCUT2D eigenvalue weighted by molar-refractivity contribution is 4.77. The van der Waals surface area contributed by atoms with Crippen molar-refractivity contribution >= 4 is 0 Å². The van der Waals surface area contributed by atoms with E-state index in [1.165, 1.54) is 38.6 Å². The topological polar surface area (TPSA) is 23.5 Å². The van der Waals surface area contributed by atoms with E-state index < -0.39 is 0 Å². The third-order valence-electron chi connectivity index (χ3n) is 4.15. The fourth-order valence-electron chi connectivity index (χ4n) is 3.20. The fraction of sp³-hybridized carbons (Fsp3) is 1.00. The molecule has 1 aliphatic heterocycles. The summed E-state index contributed by atoms with van der Waals surface area (Å²) in [7, 11) is 0. The van der Waals surface area contributed by atoms with Crippen molar-refractivity contribution in [2.24, 2.45) is 11.8 Å². The van der Waals surface area contributed by atoms with E-state index in [1.807, 2.05) is 0 Å². The van der Waals surface area contributed by atoms with Crippen LogP contribution in [0.25, 0.3) is 0 Å². The zero-order valence-electron chi connectivity index (χ0n) is 9.99. The average molecular weight is 211 g/mol. The van der Waals surface area contributed by atoms with E-state index in [9.17, 15) is 5.11 Å². The molecular formula is C13H25NO. The number of hydrogen-bond donors (Lipinski definition) is 1. The molecular weight excluding hydrogens is 186 g/mol. The Morgan fingerprint density at radius 3 is 2.80 bits per heavy atom. The molecule has 3 atom stereocenters. The predicted molar refractivity (Wildman–Crippen MR) is 62.8 cm³/mol. The maximum Gasteiger partial charge on any atom is 0.0679 e. The fourth-order valence-corrected chi connectivity index (χ4v) is 3.20. The molecule has 15 heavy (non-hydrogen) atoms. The molecule has 1 N–H and O–H groups in total. The molecule has 2 heteroatoms. The minimum atomic E-state index is -0.0460. The van der Waals surface area contributed by atoms with Gasteiger partial charge >= 0.3 is 0 Å². The molecule has 1 saturated carbocycles. The molecule has 0 spiro atoms. The Morgan fingerprint density at radius 2 is 2.13 bits per heavy atom. The van der Waals surface area contributed by atoms with Gasteiger partial charge in [-0.3, -0.25) is 0 Å². The Hall–Kier alpha value is -0.0800. The standard InChI is InChI=1S/C13H25NO/c1-11-3-2-4-12(9-11)5-7-14-8-6-13(15)10-14/h11-13,15H,2-10H2,1H3/t11?,12?,13-/m0/s1. The molecule has 0 bridgehead atoms. The highest BCUT2D eigenvalue weighted by Gasteiger charge is 2.23. The van der Waals surface area contributed by atoms with E-state index in [1.54, 1.807) is 0 Å². The second kappa shape index (κ2) is 5.31. The van der Waals surface area contributed by atoms with Gasteiger partial charge in [-0.1, -0.05) is 26.2 Å². The summed E-state index contributed by atoms with van der Waals surface area (Å²) >= 11 is 0. The largest absolute Gasteiger partial charge is 0.392 e. The summed E-state index contributed by atoms with van der Waals surface area (Å²) in [6.07, 6.45) is 8.07. The molecule has 2 aliphatic rings. The van der Waals surface area contributed by atoms with Crippen LogP contribution >= 0.6 is 0 Å². The van der Waals surface area contributed by atoms with Crippen molar-refractivity contribution in [1.82, 2.24) is 4.90 Å². The first kappa shape index (κ1) is 11.4. The van der Waals surface area contributed by atoms with Crippen LogP contribution in [-0.2, 0) is 0 Å². The van der Waals surface area contributed by atoms with Crippen molar-refractivity contribution in [3.8, 4) is 0 Å². The van der Waals surface area contributed by atoms with E-state index in [4.69, 9.17) is 0 Å². The zero-order valence-corrected chi connectivity index (χ0v) is 9.99. The summed E-state index contributed by atoms with van der Waals surface area (Å²) in [6.45, 7) is 5.64. The van der Waals surface area contributed by atoms with E-state index in [-0.39, 0.29) is 6.10 Å².